The van der Waals surface area contributed by atoms with Crippen LogP contribution in [0.25, 0.3) is 19.4 Å². The number of amides is 8. The fourth-order valence-electron chi connectivity index (χ4n) is 18.3. The predicted octanol–water partition coefficient (Wildman–Crippen LogP) is 26.2. The molecule has 16 rings (SSSR count). The molecule has 8 amide bonds. The number of nitrogens with zero attached hydrogens (tertiary/aromatic N) is 16. The summed E-state index contributed by atoms with van der Waals surface area (Å²) in [6, 6.07) is 95.9. The molecule has 129 heavy (non-hydrogen) atoms. The van der Waals surface area contributed by atoms with Crippen molar-refractivity contribution < 1.29 is 24.3 Å². The minimum absolute atomic E-state index is 0.124. The molecule has 4 fully saturated rings. The van der Waals surface area contributed by atoms with Crippen LogP contribution in [0, 0.1) is 99.3 Å². The maximum atomic E-state index is 14.0. The first kappa shape index (κ1) is 90.3. The Bertz CT molecular complexity index is 6120. The van der Waals surface area contributed by atoms with Crippen molar-refractivity contribution in [3.8, 4) is 24.3 Å². The summed E-state index contributed by atoms with van der Waals surface area (Å²) in [4.78, 5) is 83.9. The van der Waals surface area contributed by atoms with E-state index in [9.17, 15) is 45.3 Å². The molecule has 4 heterocycles. The molecule has 8 atom stereocenters. The molecular formula is C108H96N16O5. The van der Waals surface area contributed by atoms with Crippen LogP contribution in [0.2, 0.25) is 0 Å². The van der Waals surface area contributed by atoms with Crippen LogP contribution in [0.5, 0.6) is 0 Å². The predicted molar refractivity (Wildman–Crippen MR) is 508 cm³/mol. The van der Waals surface area contributed by atoms with Gasteiger partial charge in [-0.25, -0.2) is 38.6 Å². The third-order valence-corrected chi connectivity index (χ3v) is 25.6. The second-order valence-electron chi connectivity index (χ2n) is 33.3. The van der Waals surface area contributed by atoms with Crippen molar-refractivity contribution in [1.29, 1.82) is 21.0 Å². The van der Waals surface area contributed by atoms with Gasteiger partial charge in [-0.05, 0) is 243 Å². The Morgan fingerprint density at radius 3 is 0.767 bits per heavy atom. The summed E-state index contributed by atoms with van der Waals surface area (Å²) in [7, 11) is 0. The number of aliphatic hydroxyl groups is 1. The Morgan fingerprint density at radius 1 is 0.302 bits per heavy atom. The smallest absolute Gasteiger partial charge is 0.332 e. The van der Waals surface area contributed by atoms with Crippen molar-refractivity contribution in [1.82, 2.24) is 0 Å². The van der Waals surface area contributed by atoms with E-state index in [1.807, 2.05) is 165 Å². The van der Waals surface area contributed by atoms with Crippen LogP contribution < -0.4 is 39.2 Å². The Balaban J connectivity index is 0.000000147. The molecule has 0 aliphatic carbocycles. The highest BCUT2D eigenvalue weighted by molar-refractivity contribution is 6.12. The SMILES string of the molecule is [C-]#[N+]c1ccc(N2C(=O)N(c3ccc(C#N)cc3)[C@](C)(CC)C2(O)c2cccc(C)c2)cc1.[C-]#[N+]c1ccc(N2C(=O)N(c3ccc(C#N)cc3)[C@](C)(CC)C2c2cccc(C)c2)cc1.[C-]#[N+]c1ccc(N2C(=O)N(c3ccc(C#N)cc3)[C@](C)(CC)[C@@H]2c2cccc(C)c2)cc1.[C-]#[N+]c1ccc(N2C(=O)N(c3ccc(C#N)cc3)[C@](C)(CC)[C@H]2c2cccc(C)c2)cc1. The summed E-state index contributed by atoms with van der Waals surface area (Å²) in [5.74, 6) is 0. The highest BCUT2D eigenvalue weighted by Gasteiger charge is 2.66. The molecule has 4 aliphatic rings. The Kier molecular flexibility index (Phi) is 26.3. The Labute approximate surface area is 755 Å². The summed E-state index contributed by atoms with van der Waals surface area (Å²) in [5.41, 5.74) is 13.7. The van der Waals surface area contributed by atoms with Crippen molar-refractivity contribution in [2.45, 2.75) is 155 Å². The first-order valence-corrected chi connectivity index (χ1v) is 42.5. The molecule has 12 aromatic carbocycles. The van der Waals surface area contributed by atoms with E-state index in [2.05, 4.69) is 161 Å². The number of urea groups is 4. The van der Waals surface area contributed by atoms with Gasteiger partial charge in [-0.15, -0.1) is 0 Å². The first-order valence-electron chi connectivity index (χ1n) is 42.5. The molecule has 0 saturated carbocycles. The highest BCUT2D eigenvalue weighted by Crippen LogP contribution is 2.56. The van der Waals surface area contributed by atoms with E-state index in [0.717, 1.165) is 92.3 Å². The quantitative estimate of drug-likeness (QED) is 0.0906. The first-order chi connectivity index (χ1) is 62.1. The average Bonchev–Trinajstić information content (AvgIpc) is 1.54. The lowest BCUT2D eigenvalue weighted by atomic mass is 9.79. The molecule has 4 saturated heterocycles. The van der Waals surface area contributed by atoms with E-state index in [-0.39, 0.29) is 42.2 Å². The van der Waals surface area contributed by atoms with Gasteiger partial charge in [0.05, 0.1) is 113 Å². The number of hydrogen-bond acceptors (Lipinski definition) is 9. The van der Waals surface area contributed by atoms with E-state index in [1.54, 1.807) is 126 Å². The van der Waals surface area contributed by atoms with Crippen molar-refractivity contribution in [3.63, 3.8) is 0 Å². The molecule has 21 nitrogen and oxygen atoms in total. The molecule has 0 aromatic heterocycles. The molecule has 21 heteroatoms. The largest absolute Gasteiger partial charge is 0.364 e. The van der Waals surface area contributed by atoms with Gasteiger partial charge in [-0.2, -0.15) is 21.0 Å². The summed E-state index contributed by atoms with van der Waals surface area (Å²) < 4.78 is 0. The lowest BCUT2D eigenvalue weighted by Crippen LogP contribution is -2.57. The minimum atomic E-state index is -1.70. The number of hydrogen-bond donors (Lipinski definition) is 1. The Morgan fingerprint density at radius 2 is 0.535 bits per heavy atom. The number of aryl methyl sites for hydroxylation is 4. The zero-order valence-electron chi connectivity index (χ0n) is 74.0. The zero-order chi connectivity index (χ0) is 92.4. The fourth-order valence-corrected chi connectivity index (χ4v) is 18.3. The highest BCUT2D eigenvalue weighted by atomic mass is 16.3. The van der Waals surface area contributed by atoms with Crippen LogP contribution >= 0.6 is 0 Å². The molecule has 638 valence electrons. The van der Waals surface area contributed by atoms with Crippen LogP contribution in [-0.2, 0) is 5.72 Å². The van der Waals surface area contributed by atoms with E-state index in [4.69, 9.17) is 26.3 Å². The third-order valence-electron chi connectivity index (χ3n) is 25.6. The number of carbonyl (C=O) groups excluding carboxylic acids is 4. The van der Waals surface area contributed by atoms with E-state index in [0.29, 0.717) is 68.4 Å². The van der Waals surface area contributed by atoms with Crippen molar-refractivity contribution in [2.24, 2.45) is 0 Å². The molecule has 0 radical (unpaired) electrons. The van der Waals surface area contributed by atoms with E-state index < -0.39 is 27.9 Å². The van der Waals surface area contributed by atoms with Gasteiger partial charge in [0.2, 0.25) is 0 Å². The second kappa shape index (κ2) is 37.6. The number of benzene rings is 12. The van der Waals surface area contributed by atoms with Crippen molar-refractivity contribution >= 4 is 92.4 Å². The van der Waals surface area contributed by atoms with Gasteiger partial charge in [-0.1, -0.05) is 196 Å². The topological polar surface area (TPSA) is 227 Å². The summed E-state index contributed by atoms with van der Waals surface area (Å²) in [6.07, 6.45) is 2.65. The summed E-state index contributed by atoms with van der Waals surface area (Å²) in [6.45, 7) is 53.5. The van der Waals surface area contributed by atoms with Crippen LogP contribution in [0.15, 0.2) is 291 Å². The van der Waals surface area contributed by atoms with Gasteiger partial charge >= 0.3 is 24.1 Å². The number of carbonyl (C=O) groups is 4. The number of nitriles is 4. The lowest BCUT2D eigenvalue weighted by Gasteiger charge is -2.44. The van der Waals surface area contributed by atoms with Crippen LogP contribution in [0.4, 0.5) is 87.4 Å². The van der Waals surface area contributed by atoms with Gasteiger partial charge in [0.25, 0.3) is 0 Å². The summed E-state index contributed by atoms with van der Waals surface area (Å²) >= 11 is 0. The van der Waals surface area contributed by atoms with Gasteiger partial charge < -0.3 is 5.11 Å². The second-order valence-corrected chi connectivity index (χ2v) is 33.3. The van der Waals surface area contributed by atoms with Gasteiger partial charge in [-0.3, -0.25) is 39.2 Å². The van der Waals surface area contributed by atoms with Crippen LogP contribution in [0.3, 0.4) is 0 Å². The van der Waals surface area contributed by atoms with Crippen LogP contribution in [0.1, 0.15) is 166 Å². The summed E-state index contributed by atoms with van der Waals surface area (Å²) in [5, 5.41) is 49.2. The average molecular weight is 1700 g/mol. The van der Waals surface area contributed by atoms with Gasteiger partial charge in [0, 0.05) is 51.1 Å². The van der Waals surface area contributed by atoms with Crippen LogP contribution in [-0.4, -0.2) is 51.4 Å². The standard InChI is InChI=1S/C27H24N4O2.3C27H24N4O/c1-5-26(3)27(33,21-8-6-7-19(2)17-21)31(24-15-11-22(29-4)12-16-24)25(32)30(26)23-13-9-20(18-28)10-14-23;3*1-5-27(3)25(21-8-6-7-19(2)17-21)30(23-15-11-22(29-4)12-16-23)26(32)31(27)24-13-9-20(18-28)10-14-24/h6-17,33H,5H2,1-3H3;3*6-17,25H,5H2,1-3H3/t26-,27?;25?,27-;25-,27+;25-,27-/m1101/s1. The van der Waals surface area contributed by atoms with Crippen molar-refractivity contribution in [2.75, 3.05) is 39.2 Å². The van der Waals surface area contributed by atoms with Gasteiger partial charge in [0.15, 0.2) is 28.5 Å². The maximum absolute atomic E-state index is 14.0. The minimum Gasteiger partial charge on any atom is -0.364 e. The molecule has 4 aliphatic heterocycles. The molecule has 0 spiro atoms. The molecule has 1 N–H and O–H groups in total. The van der Waals surface area contributed by atoms with E-state index >= 15 is 0 Å². The normalized spacial score (nSPS) is 20.7. The molecular weight excluding hydrogens is 1600 g/mol. The Hall–Kier alpha value is -16.4. The monoisotopic (exact) mass is 1700 g/mol. The third kappa shape index (κ3) is 16.8. The maximum Gasteiger partial charge on any atom is 0.332 e. The number of anilines is 8. The number of rotatable bonds is 16. The van der Waals surface area contributed by atoms with Gasteiger partial charge in [0.1, 0.15) is 0 Å². The lowest BCUT2D eigenvalue weighted by molar-refractivity contribution is -0.0118. The molecule has 12 aromatic rings. The fraction of sp³-hybridized carbons (Fsp3) is 0.222. The zero-order valence-corrected chi connectivity index (χ0v) is 74.0. The van der Waals surface area contributed by atoms with E-state index in [1.165, 1.54) is 4.90 Å². The molecule has 0 bridgehead atoms. The van der Waals surface area contributed by atoms with Crippen molar-refractivity contribution in [3.05, 3.63) is 404 Å². The molecule has 2 unspecified atom stereocenters.